The van der Waals surface area contributed by atoms with Crippen LogP contribution in [0.25, 0.3) is 0 Å². The van der Waals surface area contributed by atoms with E-state index in [1.54, 1.807) is 14.0 Å². The molecule has 0 aliphatic rings. The van der Waals surface area contributed by atoms with Crippen molar-refractivity contribution in [2.75, 3.05) is 33.4 Å². The molecule has 8 heteroatoms. The van der Waals surface area contributed by atoms with E-state index < -0.39 is 0 Å². The fourth-order valence-electron chi connectivity index (χ4n) is 2.15. The van der Waals surface area contributed by atoms with Gasteiger partial charge in [0.15, 0.2) is 5.96 Å². The maximum absolute atomic E-state index is 11.9. The Morgan fingerprint density at radius 1 is 1.35 bits per heavy atom. The molecule has 0 radical (unpaired) electrons. The van der Waals surface area contributed by atoms with Gasteiger partial charge in [-0.1, -0.05) is 13.8 Å². The highest BCUT2D eigenvalue weighted by molar-refractivity contribution is 7.13. The number of nitrogens with one attached hydrogen (secondary N) is 2. The summed E-state index contributed by atoms with van der Waals surface area (Å²) in [6.07, 6.45) is 0.908. The lowest BCUT2D eigenvalue weighted by molar-refractivity contribution is 0.0531. The number of ether oxygens (including phenoxy) is 2. The molecule has 0 aliphatic heterocycles. The molecule has 1 aromatic rings. The first-order valence-corrected chi connectivity index (χ1v) is 9.90. The second-order valence-electron chi connectivity index (χ2n) is 6.37. The van der Waals surface area contributed by atoms with Crippen molar-refractivity contribution in [1.82, 2.24) is 15.6 Å². The zero-order chi connectivity index (χ0) is 19.5. The van der Waals surface area contributed by atoms with Crippen LogP contribution in [0.15, 0.2) is 4.99 Å². The summed E-state index contributed by atoms with van der Waals surface area (Å²) in [7, 11) is 1.73. The Balaban J connectivity index is 2.48. The number of aryl methyl sites for hydroxylation is 1. The highest BCUT2D eigenvalue weighted by Gasteiger charge is 2.20. The van der Waals surface area contributed by atoms with Crippen LogP contribution in [0.4, 0.5) is 0 Å². The van der Waals surface area contributed by atoms with Crippen LogP contribution in [-0.2, 0) is 9.47 Å². The lowest BCUT2D eigenvalue weighted by atomic mass is 10.2. The summed E-state index contributed by atoms with van der Waals surface area (Å²) in [4.78, 5) is 21.2. The van der Waals surface area contributed by atoms with Gasteiger partial charge in [-0.05, 0) is 33.1 Å². The minimum absolute atomic E-state index is 0.0646. The Labute approximate surface area is 160 Å². The van der Waals surface area contributed by atoms with Crippen molar-refractivity contribution in [3.8, 4) is 0 Å². The number of carbonyl (C=O) groups is 1. The lowest BCUT2D eigenvalue weighted by Gasteiger charge is -2.16. The molecule has 0 aromatic carbocycles. The standard InChI is InChI=1S/C18H32N4O3S/c1-7-25-17(23)15-13(4)21-16(26-15)14(5)22-18(19-6)20-9-8-10-24-11-12(2)3/h12,14H,7-11H2,1-6H3,(H2,19,20,22). The maximum Gasteiger partial charge on any atom is 0.350 e. The second-order valence-corrected chi connectivity index (χ2v) is 7.41. The van der Waals surface area contributed by atoms with Crippen LogP contribution in [-0.4, -0.2) is 50.3 Å². The van der Waals surface area contributed by atoms with E-state index in [2.05, 4.69) is 34.5 Å². The van der Waals surface area contributed by atoms with Crippen LogP contribution in [0.3, 0.4) is 0 Å². The summed E-state index contributed by atoms with van der Waals surface area (Å²) >= 11 is 1.35. The smallest absolute Gasteiger partial charge is 0.350 e. The number of rotatable bonds is 10. The zero-order valence-corrected chi connectivity index (χ0v) is 17.5. The summed E-state index contributed by atoms with van der Waals surface area (Å²) in [6, 6.07) is -0.0646. The number of esters is 1. The molecule has 0 bridgehead atoms. The van der Waals surface area contributed by atoms with E-state index in [0.29, 0.717) is 29.1 Å². The van der Waals surface area contributed by atoms with Crippen molar-refractivity contribution < 1.29 is 14.3 Å². The van der Waals surface area contributed by atoms with Gasteiger partial charge in [0.05, 0.1) is 18.3 Å². The van der Waals surface area contributed by atoms with Gasteiger partial charge in [-0.15, -0.1) is 11.3 Å². The number of hydrogen-bond donors (Lipinski definition) is 2. The molecule has 1 unspecified atom stereocenters. The van der Waals surface area contributed by atoms with Crippen LogP contribution in [0, 0.1) is 12.8 Å². The quantitative estimate of drug-likeness (QED) is 0.279. The Morgan fingerprint density at radius 3 is 2.69 bits per heavy atom. The number of nitrogens with zero attached hydrogens (tertiary/aromatic N) is 2. The summed E-state index contributed by atoms with van der Waals surface area (Å²) < 4.78 is 10.6. The average molecular weight is 385 g/mol. The van der Waals surface area contributed by atoms with E-state index >= 15 is 0 Å². The van der Waals surface area contributed by atoms with Gasteiger partial charge >= 0.3 is 5.97 Å². The molecule has 0 spiro atoms. The molecule has 148 valence electrons. The van der Waals surface area contributed by atoms with Gasteiger partial charge in [-0.25, -0.2) is 9.78 Å². The summed E-state index contributed by atoms with van der Waals surface area (Å²) in [5, 5.41) is 7.39. The molecule has 0 saturated carbocycles. The summed E-state index contributed by atoms with van der Waals surface area (Å²) in [6.45, 7) is 12.5. The topological polar surface area (TPSA) is 84.8 Å². The minimum atomic E-state index is -0.315. The lowest BCUT2D eigenvalue weighted by Crippen LogP contribution is -2.39. The molecular weight excluding hydrogens is 352 g/mol. The van der Waals surface area contributed by atoms with Crippen LogP contribution < -0.4 is 10.6 Å². The molecule has 0 amide bonds. The molecule has 0 fully saturated rings. The number of aromatic nitrogens is 1. The van der Waals surface area contributed by atoms with E-state index in [4.69, 9.17) is 9.47 Å². The first-order valence-electron chi connectivity index (χ1n) is 9.08. The Hall–Kier alpha value is -1.67. The third kappa shape index (κ3) is 7.70. The van der Waals surface area contributed by atoms with Crippen molar-refractivity contribution in [2.24, 2.45) is 10.9 Å². The average Bonchev–Trinajstić information content (AvgIpc) is 2.98. The van der Waals surface area contributed by atoms with E-state index in [1.165, 1.54) is 11.3 Å². The summed E-state index contributed by atoms with van der Waals surface area (Å²) in [5.74, 6) is 0.941. The number of hydrogen-bond acceptors (Lipinski definition) is 6. The molecule has 1 atom stereocenters. The molecule has 26 heavy (non-hydrogen) atoms. The van der Waals surface area contributed by atoms with Crippen LogP contribution in [0.5, 0.6) is 0 Å². The highest BCUT2D eigenvalue weighted by atomic mass is 32.1. The third-order valence-electron chi connectivity index (χ3n) is 3.43. The first kappa shape index (κ1) is 22.4. The first-order chi connectivity index (χ1) is 12.4. The van der Waals surface area contributed by atoms with E-state index in [-0.39, 0.29) is 12.0 Å². The van der Waals surface area contributed by atoms with Gasteiger partial charge in [-0.2, -0.15) is 0 Å². The second kappa shape index (κ2) is 11.9. The van der Waals surface area contributed by atoms with E-state index in [9.17, 15) is 4.79 Å². The SMILES string of the molecule is CCOC(=O)c1sc(C(C)NC(=NC)NCCCOCC(C)C)nc1C. The number of aliphatic imine (C=N–C) groups is 1. The largest absolute Gasteiger partial charge is 0.462 e. The van der Waals surface area contributed by atoms with Crippen LogP contribution in [0.1, 0.15) is 60.5 Å². The number of thiazole rings is 1. The highest BCUT2D eigenvalue weighted by Crippen LogP contribution is 2.24. The number of guanidine groups is 1. The molecule has 0 saturated heterocycles. The monoisotopic (exact) mass is 384 g/mol. The van der Waals surface area contributed by atoms with Crippen molar-refractivity contribution in [3.05, 3.63) is 15.6 Å². The van der Waals surface area contributed by atoms with Gasteiger partial charge in [0.25, 0.3) is 0 Å². The zero-order valence-electron chi connectivity index (χ0n) is 16.7. The Morgan fingerprint density at radius 2 is 2.08 bits per heavy atom. The predicted molar refractivity (Wildman–Crippen MR) is 106 cm³/mol. The van der Waals surface area contributed by atoms with Crippen molar-refractivity contribution in [3.63, 3.8) is 0 Å². The molecule has 2 N–H and O–H groups in total. The molecule has 1 aromatic heterocycles. The molecule has 7 nitrogen and oxygen atoms in total. The maximum atomic E-state index is 11.9. The van der Waals surface area contributed by atoms with Crippen LogP contribution in [0.2, 0.25) is 0 Å². The fourth-order valence-corrected chi connectivity index (χ4v) is 3.11. The molecular formula is C18H32N4O3S. The van der Waals surface area contributed by atoms with Gasteiger partial charge in [-0.3, -0.25) is 4.99 Å². The van der Waals surface area contributed by atoms with Crippen molar-refractivity contribution >= 4 is 23.3 Å². The van der Waals surface area contributed by atoms with Gasteiger partial charge in [0.2, 0.25) is 0 Å². The molecule has 0 aliphatic carbocycles. The third-order valence-corrected chi connectivity index (χ3v) is 4.75. The van der Waals surface area contributed by atoms with Gasteiger partial charge < -0.3 is 20.1 Å². The molecule has 1 rings (SSSR count). The van der Waals surface area contributed by atoms with E-state index in [0.717, 1.165) is 31.2 Å². The fraction of sp³-hybridized carbons (Fsp3) is 0.722. The van der Waals surface area contributed by atoms with Crippen molar-refractivity contribution in [1.29, 1.82) is 0 Å². The van der Waals surface area contributed by atoms with Gasteiger partial charge in [0, 0.05) is 26.8 Å². The predicted octanol–water partition coefficient (Wildman–Crippen LogP) is 2.92. The van der Waals surface area contributed by atoms with E-state index in [1.807, 2.05) is 13.8 Å². The number of carbonyl (C=O) groups excluding carboxylic acids is 1. The van der Waals surface area contributed by atoms with Crippen LogP contribution >= 0.6 is 11.3 Å². The van der Waals surface area contributed by atoms with Gasteiger partial charge in [0.1, 0.15) is 9.88 Å². The Kier molecular flexibility index (Phi) is 10.2. The molecule has 1 heterocycles. The normalized spacial score (nSPS) is 13.0. The van der Waals surface area contributed by atoms with Crippen molar-refractivity contribution in [2.45, 2.75) is 47.1 Å². The summed E-state index contributed by atoms with van der Waals surface area (Å²) in [5.41, 5.74) is 0.697. The Bertz CT molecular complexity index is 587. The minimum Gasteiger partial charge on any atom is -0.462 e.